The predicted molar refractivity (Wildman–Crippen MR) is 110 cm³/mol. The second-order valence-electron chi connectivity index (χ2n) is 6.16. The first-order chi connectivity index (χ1) is 12.5. The minimum Gasteiger partial charge on any atom is -0.321 e. The SMILES string of the molecule is CO[S+](NC1=C(C)CN(C)N=C1C)c1ccc(Cn2ccnc2Br)cc1. The number of aromatic nitrogens is 2. The zero-order chi connectivity index (χ0) is 18.7. The lowest BCUT2D eigenvalue weighted by Crippen LogP contribution is -2.34. The van der Waals surface area contributed by atoms with E-state index in [4.69, 9.17) is 4.18 Å². The molecule has 0 bridgehead atoms. The van der Waals surface area contributed by atoms with Crippen molar-refractivity contribution in [1.82, 2.24) is 19.3 Å². The van der Waals surface area contributed by atoms with Crippen LogP contribution >= 0.6 is 15.9 Å². The van der Waals surface area contributed by atoms with Gasteiger partial charge in [-0.1, -0.05) is 12.1 Å². The Morgan fingerprint density at radius 2 is 2.00 bits per heavy atom. The number of nitrogens with one attached hydrogen (secondary N) is 1. The lowest BCUT2D eigenvalue weighted by Gasteiger charge is -2.23. The molecular weight excluding hydrogens is 414 g/mol. The molecule has 2 heterocycles. The van der Waals surface area contributed by atoms with Gasteiger partial charge in [0.1, 0.15) is 5.70 Å². The van der Waals surface area contributed by atoms with Gasteiger partial charge in [-0.05, 0) is 53.0 Å². The molecule has 1 aromatic carbocycles. The van der Waals surface area contributed by atoms with Gasteiger partial charge in [0.25, 0.3) is 0 Å². The number of hydrazone groups is 1. The predicted octanol–water partition coefficient (Wildman–Crippen LogP) is 3.33. The maximum atomic E-state index is 5.72. The van der Waals surface area contributed by atoms with Gasteiger partial charge >= 0.3 is 11.4 Å². The van der Waals surface area contributed by atoms with E-state index in [1.165, 1.54) is 11.1 Å². The molecule has 3 rings (SSSR count). The van der Waals surface area contributed by atoms with Crippen LogP contribution in [0.15, 0.2) is 62.7 Å². The van der Waals surface area contributed by atoms with E-state index in [9.17, 15) is 0 Å². The minimum absolute atomic E-state index is 0.532. The summed E-state index contributed by atoms with van der Waals surface area (Å²) in [6.07, 6.45) is 3.74. The van der Waals surface area contributed by atoms with Crippen molar-refractivity contribution in [3.63, 3.8) is 0 Å². The summed E-state index contributed by atoms with van der Waals surface area (Å²) < 4.78 is 12.1. The van der Waals surface area contributed by atoms with Gasteiger partial charge < -0.3 is 4.57 Å². The van der Waals surface area contributed by atoms with Crippen LogP contribution in [-0.2, 0) is 22.1 Å². The largest absolute Gasteiger partial charge is 0.321 e. The van der Waals surface area contributed by atoms with E-state index in [1.54, 1.807) is 13.3 Å². The minimum atomic E-state index is -0.532. The van der Waals surface area contributed by atoms with Crippen molar-refractivity contribution in [1.29, 1.82) is 0 Å². The van der Waals surface area contributed by atoms with E-state index < -0.39 is 11.4 Å². The van der Waals surface area contributed by atoms with Gasteiger partial charge in [-0.25, -0.2) is 4.98 Å². The van der Waals surface area contributed by atoms with E-state index >= 15 is 0 Å². The second-order valence-corrected chi connectivity index (χ2v) is 8.42. The molecule has 0 saturated carbocycles. The average Bonchev–Trinajstić information content (AvgIpc) is 3.00. The number of benzene rings is 1. The van der Waals surface area contributed by atoms with Gasteiger partial charge in [-0.3, -0.25) is 5.01 Å². The molecule has 0 amide bonds. The molecule has 0 spiro atoms. The molecule has 1 atom stereocenters. The number of nitrogens with zero attached hydrogens (tertiary/aromatic N) is 4. The second kappa shape index (κ2) is 8.28. The Morgan fingerprint density at radius 1 is 1.27 bits per heavy atom. The zero-order valence-corrected chi connectivity index (χ0v) is 17.8. The van der Waals surface area contributed by atoms with Crippen LogP contribution in [0.3, 0.4) is 0 Å². The first-order valence-electron chi connectivity index (χ1n) is 8.25. The highest BCUT2D eigenvalue weighted by Gasteiger charge is 2.28. The highest BCUT2D eigenvalue weighted by Crippen LogP contribution is 2.20. The molecule has 1 aliphatic heterocycles. The summed E-state index contributed by atoms with van der Waals surface area (Å²) in [5, 5.41) is 6.47. The van der Waals surface area contributed by atoms with E-state index in [1.807, 2.05) is 25.2 Å². The fourth-order valence-electron chi connectivity index (χ4n) is 2.87. The third-order valence-corrected chi connectivity index (χ3v) is 6.18. The quantitative estimate of drug-likeness (QED) is 0.705. The fraction of sp³-hybridized carbons (Fsp3) is 0.333. The molecule has 1 N–H and O–H groups in total. The molecule has 0 aliphatic carbocycles. The summed E-state index contributed by atoms with van der Waals surface area (Å²) in [5.41, 5.74) is 4.52. The number of likely N-dealkylation sites (N-methyl/N-ethyl adjacent to an activating group) is 1. The maximum Gasteiger partial charge on any atom is 0.305 e. The van der Waals surface area contributed by atoms with Crippen LogP contribution in [0.5, 0.6) is 0 Å². The molecular formula is C18H23BrN5OS+. The molecule has 1 aromatic heterocycles. The van der Waals surface area contributed by atoms with Crippen molar-refractivity contribution in [2.45, 2.75) is 25.3 Å². The zero-order valence-electron chi connectivity index (χ0n) is 15.4. The van der Waals surface area contributed by atoms with Crippen LogP contribution in [0.25, 0.3) is 0 Å². The van der Waals surface area contributed by atoms with E-state index in [0.717, 1.165) is 34.1 Å². The summed E-state index contributed by atoms with van der Waals surface area (Å²) in [5.74, 6) is 0. The van der Waals surface area contributed by atoms with Crippen molar-refractivity contribution in [3.05, 3.63) is 58.2 Å². The third kappa shape index (κ3) is 4.31. The van der Waals surface area contributed by atoms with Crippen molar-refractivity contribution in [2.24, 2.45) is 5.10 Å². The van der Waals surface area contributed by atoms with Gasteiger partial charge in [0.15, 0.2) is 4.73 Å². The number of allylic oxidation sites excluding steroid dienone is 1. The Labute approximate surface area is 165 Å². The molecule has 0 radical (unpaired) electrons. The van der Waals surface area contributed by atoms with E-state index in [0.29, 0.717) is 0 Å². The summed E-state index contributed by atoms with van der Waals surface area (Å²) in [6, 6.07) is 8.47. The molecule has 1 unspecified atom stereocenters. The van der Waals surface area contributed by atoms with Gasteiger partial charge in [0, 0.05) is 26.0 Å². The van der Waals surface area contributed by atoms with Gasteiger partial charge in [-0.2, -0.15) is 9.82 Å². The number of hydrogen-bond donors (Lipinski definition) is 1. The van der Waals surface area contributed by atoms with Crippen molar-refractivity contribution in [2.75, 3.05) is 20.7 Å². The van der Waals surface area contributed by atoms with Crippen LogP contribution in [0.1, 0.15) is 19.4 Å². The molecule has 0 saturated heterocycles. The van der Waals surface area contributed by atoms with Crippen molar-refractivity contribution < 1.29 is 4.18 Å². The fourth-order valence-corrected chi connectivity index (χ4v) is 4.51. The Balaban J connectivity index is 1.73. The highest BCUT2D eigenvalue weighted by molar-refractivity contribution is 9.10. The molecule has 1 aliphatic rings. The first kappa shape index (κ1) is 19.0. The normalized spacial score (nSPS) is 15.9. The third-order valence-electron chi connectivity index (χ3n) is 4.09. The van der Waals surface area contributed by atoms with Crippen LogP contribution in [-0.4, -0.2) is 41.0 Å². The van der Waals surface area contributed by atoms with Crippen molar-refractivity contribution in [3.8, 4) is 0 Å². The number of rotatable bonds is 6. The summed E-state index contributed by atoms with van der Waals surface area (Å²) in [7, 11) is 3.71. The lowest BCUT2D eigenvalue weighted by atomic mass is 10.1. The Morgan fingerprint density at radius 3 is 2.58 bits per heavy atom. The molecule has 0 fully saturated rings. The van der Waals surface area contributed by atoms with Crippen LogP contribution in [0.2, 0.25) is 0 Å². The van der Waals surface area contributed by atoms with Gasteiger partial charge in [-0.15, -0.1) is 4.18 Å². The molecule has 2 aromatic rings. The van der Waals surface area contributed by atoms with Gasteiger partial charge in [0.05, 0.1) is 19.4 Å². The van der Waals surface area contributed by atoms with Crippen LogP contribution in [0.4, 0.5) is 0 Å². The molecule has 6 nitrogen and oxygen atoms in total. The highest BCUT2D eigenvalue weighted by atomic mass is 79.9. The van der Waals surface area contributed by atoms with Crippen LogP contribution < -0.4 is 4.72 Å². The smallest absolute Gasteiger partial charge is 0.305 e. The number of halogens is 1. The van der Waals surface area contributed by atoms with Gasteiger partial charge in [0.2, 0.25) is 4.90 Å². The molecule has 26 heavy (non-hydrogen) atoms. The lowest BCUT2D eigenvalue weighted by molar-refractivity contribution is 0.377. The maximum absolute atomic E-state index is 5.72. The summed E-state index contributed by atoms with van der Waals surface area (Å²) >= 11 is 2.91. The Hall–Kier alpha value is -1.77. The van der Waals surface area contributed by atoms with E-state index in [2.05, 4.69) is 66.5 Å². The Kier molecular flexibility index (Phi) is 6.05. The average molecular weight is 437 g/mol. The monoisotopic (exact) mass is 436 g/mol. The summed E-state index contributed by atoms with van der Waals surface area (Å²) in [6.45, 7) is 5.74. The first-order valence-corrected chi connectivity index (χ1v) is 10.2. The van der Waals surface area contributed by atoms with Crippen LogP contribution in [0, 0.1) is 0 Å². The molecule has 138 valence electrons. The topological polar surface area (TPSA) is 54.7 Å². The summed E-state index contributed by atoms with van der Waals surface area (Å²) in [4.78, 5) is 5.29. The standard InChI is InChI=1S/C18H23BrN5OS/c1-13-11-23(3)21-14(2)17(13)22-26(25-4)16-7-5-15(6-8-16)12-24-10-9-20-18(24)19/h5-10,22H,11-12H2,1-4H3/q+1. The Bertz CT molecular complexity index is 830. The number of imidazole rings is 1. The number of hydrogen-bond acceptors (Lipinski definition) is 5. The van der Waals surface area contributed by atoms with Crippen molar-refractivity contribution >= 4 is 33.0 Å². The molecule has 8 heteroatoms. The van der Waals surface area contributed by atoms with E-state index in [-0.39, 0.29) is 0 Å².